The Morgan fingerprint density at radius 1 is 0.864 bits per heavy atom. The molecule has 0 aliphatic heterocycles. The van der Waals surface area contributed by atoms with Gasteiger partial charge in [-0.15, -0.1) is 6.58 Å². The molecule has 22 heavy (non-hydrogen) atoms. The zero-order chi connectivity index (χ0) is 18.0. The first-order valence-corrected chi connectivity index (χ1v) is 6.93. The predicted molar refractivity (Wildman–Crippen MR) is 55.0 cm³/mol. The molecule has 0 saturated carbocycles. The fourth-order valence-corrected chi connectivity index (χ4v) is 2.82. The fourth-order valence-electron chi connectivity index (χ4n) is 1.09. The number of hydrogen-bond acceptors (Lipinski definition) is 2. The van der Waals surface area contributed by atoms with Crippen molar-refractivity contribution in [2.75, 3.05) is 6.61 Å². The quantitative estimate of drug-likeness (QED) is 0.254. The minimum atomic E-state index is -7.86. The first-order valence-electron chi connectivity index (χ1n) is 5.31. The van der Waals surface area contributed by atoms with Gasteiger partial charge in [-0.2, -0.15) is 43.9 Å². The molecule has 0 aromatic carbocycles. The average Bonchev–Trinajstić information content (AvgIpc) is 2.31. The van der Waals surface area contributed by atoms with E-state index in [1.165, 1.54) is 0 Å². The predicted octanol–water partition coefficient (Wildman–Crippen LogP) is 5.56. The van der Waals surface area contributed by atoms with Crippen LogP contribution in [0.2, 0.25) is 0 Å². The van der Waals surface area contributed by atoms with Crippen molar-refractivity contribution in [2.24, 2.45) is 0 Å². The van der Waals surface area contributed by atoms with Crippen molar-refractivity contribution in [1.82, 2.24) is 0 Å². The molecule has 0 aromatic heterocycles. The number of allylic oxidation sites excluding steroid dienone is 1. The van der Waals surface area contributed by atoms with E-state index in [9.17, 15) is 48.5 Å². The van der Waals surface area contributed by atoms with Gasteiger partial charge in [0.2, 0.25) is 0 Å². The van der Waals surface area contributed by atoms with Gasteiger partial charge in [-0.1, -0.05) is 6.08 Å². The second-order valence-corrected chi connectivity index (χ2v) is 6.38. The molecule has 0 bridgehead atoms. The van der Waals surface area contributed by atoms with E-state index in [0.29, 0.717) is 0 Å². The van der Waals surface area contributed by atoms with Crippen molar-refractivity contribution < 1.29 is 53.0 Å². The Bertz CT molecular complexity index is 409. The maximum atomic E-state index is 13.0. The summed E-state index contributed by atoms with van der Waals surface area (Å²) in [6.45, 7) is 1.66. The third kappa shape index (κ3) is 3.58. The van der Waals surface area contributed by atoms with Crippen LogP contribution in [0.15, 0.2) is 12.7 Å². The molecule has 132 valence electrons. The maximum Gasteiger partial charge on any atom is 0.463 e. The Labute approximate surface area is 117 Å². The van der Waals surface area contributed by atoms with Crippen LogP contribution in [0.3, 0.4) is 0 Å². The van der Waals surface area contributed by atoms with E-state index < -0.39 is 44.1 Å². The highest BCUT2D eigenvalue weighted by Gasteiger charge is 2.84. The molecule has 0 N–H and O–H groups in total. The Balaban J connectivity index is 5.90. The van der Waals surface area contributed by atoms with Crippen molar-refractivity contribution in [1.29, 1.82) is 0 Å². The number of unbranched alkanes of at least 4 members (excludes halogenated alkanes) is 1. The third-order valence-electron chi connectivity index (χ3n) is 2.25. The van der Waals surface area contributed by atoms with E-state index in [1.807, 2.05) is 0 Å². The summed E-state index contributed by atoms with van der Waals surface area (Å²) in [6.07, 6.45) is -13.5. The highest BCUT2D eigenvalue weighted by Crippen LogP contribution is 2.77. The molecule has 0 radical (unpaired) electrons. The first kappa shape index (κ1) is 21.2. The van der Waals surface area contributed by atoms with Gasteiger partial charge in [-0.3, -0.25) is 4.57 Å². The van der Waals surface area contributed by atoms with Gasteiger partial charge in [-0.25, -0.2) is 0 Å². The van der Waals surface area contributed by atoms with Gasteiger partial charge >= 0.3 is 31.0 Å². The normalized spacial score (nSPS) is 15.0. The lowest BCUT2D eigenvalue weighted by atomic mass is 10.3. The number of rotatable bonds is 7. The van der Waals surface area contributed by atoms with Crippen LogP contribution < -0.4 is 0 Å². The zero-order valence-electron chi connectivity index (χ0n) is 10.4. The van der Waals surface area contributed by atoms with Gasteiger partial charge in [-0.05, 0) is 12.8 Å². The molecule has 0 spiro atoms. The number of hydrogen-bond donors (Lipinski definition) is 0. The van der Waals surface area contributed by atoms with E-state index in [2.05, 4.69) is 11.1 Å². The summed E-state index contributed by atoms with van der Waals surface area (Å²) >= 11 is 0. The van der Waals surface area contributed by atoms with Gasteiger partial charge in [0, 0.05) is 0 Å². The summed E-state index contributed by atoms with van der Waals surface area (Å²) in [5, 5.41) is 0. The van der Waals surface area contributed by atoms with E-state index in [0.717, 1.165) is 6.08 Å². The molecular formula is C9H9F10O2P. The molecule has 0 aliphatic rings. The van der Waals surface area contributed by atoms with Crippen molar-refractivity contribution >= 4 is 7.37 Å². The van der Waals surface area contributed by atoms with Crippen LogP contribution in [0, 0.1) is 0 Å². The summed E-state index contributed by atoms with van der Waals surface area (Å²) in [5.41, 5.74) is -13.8. The summed E-state index contributed by atoms with van der Waals surface area (Å²) < 4.78 is 139. The number of halogens is 10. The van der Waals surface area contributed by atoms with E-state index in [1.54, 1.807) is 0 Å². The van der Waals surface area contributed by atoms with Gasteiger partial charge in [0.25, 0.3) is 0 Å². The van der Waals surface area contributed by atoms with Gasteiger partial charge in [0.15, 0.2) is 0 Å². The molecule has 0 aromatic rings. The molecule has 2 nitrogen and oxygen atoms in total. The second-order valence-electron chi connectivity index (χ2n) is 3.89. The third-order valence-corrected chi connectivity index (χ3v) is 4.78. The number of alkyl halides is 10. The fraction of sp³-hybridized carbons (Fsp3) is 0.778. The molecule has 0 heterocycles. The monoisotopic (exact) mass is 370 g/mol. The van der Waals surface area contributed by atoms with Crippen LogP contribution in [-0.4, -0.2) is 30.3 Å². The second kappa shape index (κ2) is 6.38. The zero-order valence-corrected chi connectivity index (χ0v) is 11.3. The van der Waals surface area contributed by atoms with Gasteiger partial charge in [0.05, 0.1) is 6.61 Å². The van der Waals surface area contributed by atoms with Crippen molar-refractivity contribution in [2.45, 2.75) is 36.5 Å². The summed E-state index contributed by atoms with van der Waals surface area (Å²) in [5.74, 6) is 0. The molecule has 0 saturated heterocycles. The van der Waals surface area contributed by atoms with E-state index in [-0.39, 0.29) is 6.42 Å². The summed E-state index contributed by atoms with van der Waals surface area (Å²) in [6, 6.07) is 0. The minimum Gasteiger partial charge on any atom is -0.320 e. The molecule has 0 aliphatic carbocycles. The molecule has 0 atom stereocenters. The Morgan fingerprint density at radius 2 is 1.23 bits per heavy atom. The van der Waals surface area contributed by atoms with Crippen molar-refractivity contribution in [3.05, 3.63) is 12.7 Å². The first-order chi connectivity index (χ1) is 9.56. The lowest BCUT2D eigenvalue weighted by Gasteiger charge is -2.34. The molecule has 0 amide bonds. The Hall–Kier alpha value is -0.770. The minimum absolute atomic E-state index is 0.158. The molecular weight excluding hydrogens is 361 g/mol. The van der Waals surface area contributed by atoms with E-state index >= 15 is 0 Å². The Kier molecular flexibility index (Phi) is 6.16. The van der Waals surface area contributed by atoms with Crippen molar-refractivity contribution in [3.8, 4) is 0 Å². The lowest BCUT2D eigenvalue weighted by Crippen LogP contribution is -2.48. The van der Waals surface area contributed by atoms with Crippen LogP contribution in [0.4, 0.5) is 43.9 Å². The largest absolute Gasteiger partial charge is 0.463 e. The topological polar surface area (TPSA) is 26.3 Å². The van der Waals surface area contributed by atoms with Crippen LogP contribution in [0.1, 0.15) is 12.8 Å². The molecule has 0 fully saturated rings. The van der Waals surface area contributed by atoms with E-state index in [4.69, 9.17) is 0 Å². The van der Waals surface area contributed by atoms with Gasteiger partial charge < -0.3 is 4.52 Å². The summed E-state index contributed by atoms with van der Waals surface area (Å²) in [7, 11) is -7.86. The molecule has 0 unspecified atom stereocenters. The standard InChI is InChI=1S/C9H9F10O2P/c1-2-3-4-5-21-22(20,8(16,17)6(10,11)12)9(18,19)7(13,14)15/h2H,1,3-5H2. The maximum absolute atomic E-state index is 13.0. The summed E-state index contributed by atoms with van der Waals surface area (Å²) in [4.78, 5) is 0. The average molecular weight is 370 g/mol. The highest BCUT2D eigenvalue weighted by atomic mass is 31.2. The Morgan fingerprint density at radius 3 is 1.50 bits per heavy atom. The van der Waals surface area contributed by atoms with Crippen molar-refractivity contribution in [3.63, 3.8) is 0 Å². The van der Waals surface area contributed by atoms with Crippen LogP contribution in [0.5, 0.6) is 0 Å². The highest BCUT2D eigenvalue weighted by molar-refractivity contribution is 7.61. The smallest absolute Gasteiger partial charge is 0.320 e. The SMILES string of the molecule is C=CCCCOP(=O)(C(F)(F)C(F)(F)F)C(F)(F)C(F)(F)F. The van der Waals surface area contributed by atoms with Crippen LogP contribution in [0.25, 0.3) is 0 Å². The molecule has 0 rings (SSSR count). The van der Waals surface area contributed by atoms with Gasteiger partial charge in [0.1, 0.15) is 0 Å². The molecule has 13 heteroatoms. The lowest BCUT2D eigenvalue weighted by molar-refractivity contribution is -0.272. The van der Waals surface area contributed by atoms with Crippen LogP contribution >= 0.6 is 7.37 Å². The van der Waals surface area contributed by atoms with Crippen LogP contribution in [-0.2, 0) is 9.09 Å².